The number of benzene rings is 1. The second kappa shape index (κ2) is 6.10. The Morgan fingerprint density at radius 1 is 1.26 bits per heavy atom. The molecule has 2 N–H and O–H groups in total. The van der Waals surface area contributed by atoms with Crippen molar-refractivity contribution in [1.29, 1.82) is 0 Å². The van der Waals surface area contributed by atoms with Gasteiger partial charge >= 0.3 is 0 Å². The van der Waals surface area contributed by atoms with E-state index in [4.69, 9.17) is 27.4 Å². The van der Waals surface area contributed by atoms with Crippen molar-refractivity contribution in [1.82, 2.24) is 9.97 Å². The number of nitrogens with zero attached hydrogens (tertiary/aromatic N) is 2. The zero-order chi connectivity index (χ0) is 13.7. The molecule has 0 radical (unpaired) electrons. The van der Waals surface area contributed by atoms with Crippen LogP contribution in [0.3, 0.4) is 0 Å². The van der Waals surface area contributed by atoms with Gasteiger partial charge in [0.15, 0.2) is 17.3 Å². The van der Waals surface area contributed by atoms with E-state index in [0.717, 1.165) is 5.56 Å². The average molecular weight is 275 g/mol. The first-order chi connectivity index (χ1) is 9.20. The highest BCUT2D eigenvalue weighted by Crippen LogP contribution is 2.28. The van der Waals surface area contributed by atoms with E-state index >= 15 is 0 Å². The van der Waals surface area contributed by atoms with Gasteiger partial charge in [-0.05, 0) is 24.3 Å². The van der Waals surface area contributed by atoms with Gasteiger partial charge in [0.1, 0.15) is 11.6 Å². The highest BCUT2D eigenvalue weighted by atomic mass is 32.1. The topological polar surface area (TPSA) is 70.3 Å². The van der Waals surface area contributed by atoms with Crippen LogP contribution in [0.1, 0.15) is 11.4 Å². The molecule has 0 atom stereocenters. The highest BCUT2D eigenvalue weighted by Gasteiger charge is 2.08. The molecule has 0 unspecified atom stereocenters. The molecule has 19 heavy (non-hydrogen) atoms. The predicted molar refractivity (Wildman–Crippen MR) is 75.2 cm³/mol. The van der Waals surface area contributed by atoms with E-state index in [1.807, 2.05) is 0 Å². The molecule has 0 bridgehead atoms. The quantitative estimate of drug-likeness (QED) is 0.837. The Morgan fingerprint density at radius 3 is 2.63 bits per heavy atom. The van der Waals surface area contributed by atoms with Gasteiger partial charge in [-0.2, -0.15) is 0 Å². The van der Waals surface area contributed by atoms with Crippen LogP contribution in [0.15, 0.2) is 36.7 Å². The van der Waals surface area contributed by atoms with Gasteiger partial charge in [0.05, 0.1) is 7.11 Å². The van der Waals surface area contributed by atoms with Gasteiger partial charge in [-0.1, -0.05) is 12.2 Å². The monoisotopic (exact) mass is 275 g/mol. The molecule has 0 aliphatic rings. The molecule has 1 heterocycles. The van der Waals surface area contributed by atoms with E-state index in [9.17, 15) is 0 Å². The van der Waals surface area contributed by atoms with E-state index < -0.39 is 0 Å². The summed E-state index contributed by atoms with van der Waals surface area (Å²) in [5.41, 5.74) is 6.30. The van der Waals surface area contributed by atoms with Gasteiger partial charge in [-0.3, -0.25) is 0 Å². The van der Waals surface area contributed by atoms with Crippen molar-refractivity contribution in [3.05, 3.63) is 48.0 Å². The van der Waals surface area contributed by atoms with Crippen LogP contribution in [0.5, 0.6) is 11.5 Å². The number of hydrogen-bond acceptors (Lipinski definition) is 5. The van der Waals surface area contributed by atoms with Crippen LogP contribution in [-0.2, 0) is 6.61 Å². The minimum Gasteiger partial charge on any atom is -0.493 e. The standard InChI is InChI=1S/C13H13N3O2S/c1-17-11-7-9(13(14)19)3-4-10(11)18-8-12-15-5-2-6-16-12/h2-7H,8H2,1H3,(H2,14,19). The van der Waals surface area contributed by atoms with Crippen molar-refractivity contribution >= 4 is 17.2 Å². The summed E-state index contributed by atoms with van der Waals surface area (Å²) in [6.07, 6.45) is 3.33. The molecule has 1 aromatic carbocycles. The third-order valence-electron chi connectivity index (χ3n) is 2.42. The Labute approximate surface area is 116 Å². The molecule has 6 heteroatoms. The molecule has 2 aromatic rings. The Kier molecular flexibility index (Phi) is 4.25. The van der Waals surface area contributed by atoms with E-state index in [1.165, 1.54) is 0 Å². The number of aromatic nitrogens is 2. The fraction of sp³-hybridized carbons (Fsp3) is 0.154. The first kappa shape index (κ1) is 13.2. The zero-order valence-corrected chi connectivity index (χ0v) is 11.2. The normalized spacial score (nSPS) is 9.95. The predicted octanol–water partition coefficient (Wildman–Crippen LogP) is 1.70. The third-order valence-corrected chi connectivity index (χ3v) is 2.66. The maximum absolute atomic E-state index is 5.61. The second-order valence-electron chi connectivity index (χ2n) is 3.68. The van der Waals surface area contributed by atoms with Crippen molar-refractivity contribution in [3.8, 4) is 11.5 Å². The van der Waals surface area contributed by atoms with Crippen LogP contribution >= 0.6 is 12.2 Å². The Hall–Kier alpha value is -2.21. The first-order valence-electron chi connectivity index (χ1n) is 5.57. The Morgan fingerprint density at radius 2 is 2.00 bits per heavy atom. The SMILES string of the molecule is COc1cc(C(N)=S)ccc1OCc1ncccn1. The van der Waals surface area contributed by atoms with Crippen molar-refractivity contribution in [2.24, 2.45) is 5.73 Å². The second-order valence-corrected chi connectivity index (χ2v) is 4.12. The van der Waals surface area contributed by atoms with Crippen LogP contribution in [0.4, 0.5) is 0 Å². The van der Waals surface area contributed by atoms with Crippen LogP contribution in [-0.4, -0.2) is 22.1 Å². The summed E-state index contributed by atoms with van der Waals surface area (Å²) in [5.74, 6) is 1.76. The molecule has 0 saturated carbocycles. The lowest BCUT2D eigenvalue weighted by atomic mass is 10.2. The van der Waals surface area contributed by atoms with Gasteiger partial charge in [0.25, 0.3) is 0 Å². The Bertz CT molecular complexity index is 575. The minimum atomic E-state index is 0.267. The molecule has 0 spiro atoms. The number of thiocarbonyl (C=S) groups is 1. The van der Waals surface area contributed by atoms with Crippen molar-refractivity contribution in [3.63, 3.8) is 0 Å². The van der Waals surface area contributed by atoms with E-state index in [-0.39, 0.29) is 6.61 Å². The summed E-state index contributed by atoms with van der Waals surface area (Å²) in [4.78, 5) is 8.47. The summed E-state index contributed by atoms with van der Waals surface area (Å²) in [6, 6.07) is 7.03. The van der Waals surface area contributed by atoms with Gasteiger partial charge in [-0.15, -0.1) is 0 Å². The fourth-order valence-electron chi connectivity index (χ4n) is 1.49. The van der Waals surface area contributed by atoms with Crippen LogP contribution in [0, 0.1) is 0 Å². The lowest BCUT2D eigenvalue weighted by Gasteiger charge is -2.11. The summed E-state index contributed by atoms with van der Waals surface area (Å²) in [7, 11) is 1.56. The number of ether oxygens (including phenoxy) is 2. The van der Waals surface area contributed by atoms with Gasteiger partial charge in [0, 0.05) is 18.0 Å². The molecule has 5 nitrogen and oxygen atoms in total. The molecule has 98 valence electrons. The maximum Gasteiger partial charge on any atom is 0.166 e. The molecular weight excluding hydrogens is 262 g/mol. The van der Waals surface area contributed by atoms with E-state index in [0.29, 0.717) is 22.3 Å². The largest absolute Gasteiger partial charge is 0.493 e. The van der Waals surface area contributed by atoms with Crippen LogP contribution in [0.25, 0.3) is 0 Å². The molecular formula is C13H13N3O2S. The zero-order valence-electron chi connectivity index (χ0n) is 10.4. The van der Waals surface area contributed by atoms with Crippen molar-refractivity contribution < 1.29 is 9.47 Å². The lowest BCUT2D eigenvalue weighted by molar-refractivity contribution is 0.276. The van der Waals surface area contributed by atoms with E-state index in [2.05, 4.69) is 9.97 Å². The summed E-state index contributed by atoms with van der Waals surface area (Å²) < 4.78 is 10.9. The summed E-state index contributed by atoms with van der Waals surface area (Å²) in [6.45, 7) is 0.267. The molecule has 2 rings (SSSR count). The highest BCUT2D eigenvalue weighted by molar-refractivity contribution is 7.80. The molecule has 0 saturated heterocycles. The lowest BCUT2D eigenvalue weighted by Crippen LogP contribution is -2.09. The first-order valence-corrected chi connectivity index (χ1v) is 5.98. The van der Waals surface area contributed by atoms with Gasteiger partial charge < -0.3 is 15.2 Å². The van der Waals surface area contributed by atoms with Crippen molar-refractivity contribution in [2.75, 3.05) is 7.11 Å². The van der Waals surface area contributed by atoms with Gasteiger partial charge in [0.2, 0.25) is 0 Å². The van der Waals surface area contributed by atoms with Crippen molar-refractivity contribution in [2.45, 2.75) is 6.61 Å². The van der Waals surface area contributed by atoms with Crippen LogP contribution in [0.2, 0.25) is 0 Å². The fourth-order valence-corrected chi connectivity index (χ4v) is 1.61. The van der Waals surface area contributed by atoms with Crippen LogP contribution < -0.4 is 15.2 Å². The van der Waals surface area contributed by atoms with E-state index in [1.54, 1.807) is 43.8 Å². The van der Waals surface area contributed by atoms with Gasteiger partial charge in [-0.25, -0.2) is 9.97 Å². The molecule has 0 fully saturated rings. The molecule has 0 amide bonds. The summed E-state index contributed by atoms with van der Waals surface area (Å²) >= 11 is 4.92. The smallest absolute Gasteiger partial charge is 0.166 e. The average Bonchev–Trinajstić information content (AvgIpc) is 2.45. The molecule has 1 aromatic heterocycles. The summed E-state index contributed by atoms with van der Waals surface area (Å²) in [5, 5.41) is 0. The Balaban J connectivity index is 2.14. The molecule has 0 aliphatic heterocycles. The number of nitrogens with two attached hydrogens (primary N) is 1. The molecule has 0 aliphatic carbocycles. The number of hydrogen-bond donors (Lipinski definition) is 1. The third kappa shape index (κ3) is 3.38. The number of rotatable bonds is 5. The number of methoxy groups -OCH3 is 1. The maximum atomic E-state index is 5.61. The minimum absolute atomic E-state index is 0.267.